The first-order chi connectivity index (χ1) is 14.3. The number of hydrogen-bond donors (Lipinski definition) is 0. The van der Waals surface area contributed by atoms with E-state index in [0.717, 1.165) is 55.5 Å². The quantitative estimate of drug-likeness (QED) is 0.317. The zero-order chi connectivity index (χ0) is 19.4. The van der Waals surface area contributed by atoms with Gasteiger partial charge in [0, 0.05) is 27.3 Å². The fourth-order valence-corrected chi connectivity index (χ4v) is 3.90. The first-order valence-electron chi connectivity index (χ1n) is 9.63. The molecule has 0 amide bonds. The molecule has 0 atom stereocenters. The number of hydrogen-bond acceptors (Lipinski definition) is 3. The number of nitrogens with zero attached hydrogens (tertiary/aromatic N) is 1. The molecular weight excluding hydrogens is 358 g/mol. The second-order valence-corrected chi connectivity index (χ2v) is 7.36. The molecule has 0 fully saturated rings. The summed E-state index contributed by atoms with van der Waals surface area (Å²) in [5, 5.41) is 3.25. The lowest BCUT2D eigenvalue weighted by Crippen LogP contribution is -1.83. The van der Waals surface area contributed by atoms with Gasteiger partial charge in [-0.1, -0.05) is 60.2 Å². The van der Waals surface area contributed by atoms with Crippen molar-refractivity contribution in [3.63, 3.8) is 0 Å². The van der Waals surface area contributed by atoms with Crippen molar-refractivity contribution < 1.29 is 8.83 Å². The maximum atomic E-state index is 6.17. The van der Waals surface area contributed by atoms with Crippen molar-refractivity contribution >= 4 is 32.9 Å². The van der Waals surface area contributed by atoms with E-state index in [1.807, 2.05) is 18.2 Å². The van der Waals surface area contributed by atoms with Crippen LogP contribution in [0.5, 0.6) is 0 Å². The van der Waals surface area contributed by atoms with Crippen LogP contribution in [-0.2, 0) is 0 Å². The fraction of sp³-hybridized carbons (Fsp3) is 0.0385. The fourth-order valence-electron chi connectivity index (χ4n) is 3.90. The summed E-state index contributed by atoms with van der Waals surface area (Å²) >= 11 is 0. The van der Waals surface area contributed by atoms with E-state index in [4.69, 9.17) is 8.83 Å². The molecule has 0 saturated carbocycles. The zero-order valence-electron chi connectivity index (χ0n) is 15.8. The Morgan fingerprint density at radius 1 is 0.724 bits per heavy atom. The summed E-state index contributed by atoms with van der Waals surface area (Å²) in [6.45, 7) is 2.08. The van der Waals surface area contributed by atoms with Crippen LogP contribution in [-0.4, -0.2) is 4.98 Å². The van der Waals surface area contributed by atoms with Gasteiger partial charge in [-0.05, 0) is 31.2 Å². The topological polar surface area (TPSA) is 39.2 Å². The molecule has 3 heteroatoms. The highest BCUT2D eigenvalue weighted by molar-refractivity contribution is 6.09. The van der Waals surface area contributed by atoms with Crippen molar-refractivity contribution in [1.29, 1.82) is 0 Å². The molecule has 6 aromatic rings. The predicted molar refractivity (Wildman–Crippen MR) is 117 cm³/mol. The van der Waals surface area contributed by atoms with Crippen molar-refractivity contribution in [3.05, 3.63) is 90.6 Å². The molecule has 0 spiro atoms. The third-order valence-electron chi connectivity index (χ3n) is 5.42. The van der Waals surface area contributed by atoms with Crippen molar-refractivity contribution in [2.24, 2.45) is 0 Å². The summed E-state index contributed by atoms with van der Waals surface area (Å²) in [6.07, 6.45) is 1.80. The SMILES string of the molecule is Cc1ccc(-c2cc3cc(-c4cccc5c4oc4ccccc45)ncc3o2)cc1. The van der Waals surface area contributed by atoms with Crippen LogP contribution < -0.4 is 0 Å². The lowest BCUT2D eigenvalue weighted by Gasteiger charge is -2.01. The van der Waals surface area contributed by atoms with E-state index in [9.17, 15) is 0 Å². The second-order valence-electron chi connectivity index (χ2n) is 7.36. The molecule has 3 aromatic heterocycles. The monoisotopic (exact) mass is 375 g/mol. The molecule has 0 aliphatic carbocycles. The van der Waals surface area contributed by atoms with E-state index in [0.29, 0.717) is 0 Å². The van der Waals surface area contributed by atoms with Crippen LogP contribution in [0, 0.1) is 6.92 Å². The average Bonchev–Trinajstić information content (AvgIpc) is 3.35. The Morgan fingerprint density at radius 2 is 1.55 bits per heavy atom. The summed E-state index contributed by atoms with van der Waals surface area (Å²) in [4.78, 5) is 4.66. The van der Waals surface area contributed by atoms with Crippen LogP contribution in [0.25, 0.3) is 55.5 Å². The van der Waals surface area contributed by atoms with Gasteiger partial charge in [-0.2, -0.15) is 0 Å². The lowest BCUT2D eigenvalue weighted by molar-refractivity contribution is 0.630. The number of fused-ring (bicyclic) bond motifs is 4. The first kappa shape index (κ1) is 16.1. The van der Waals surface area contributed by atoms with E-state index >= 15 is 0 Å². The second kappa shape index (κ2) is 6.08. The van der Waals surface area contributed by atoms with Gasteiger partial charge in [0.1, 0.15) is 16.9 Å². The summed E-state index contributed by atoms with van der Waals surface area (Å²) in [5.41, 5.74) is 6.68. The maximum Gasteiger partial charge on any atom is 0.153 e. The number of furan rings is 2. The molecule has 3 aromatic carbocycles. The van der Waals surface area contributed by atoms with Crippen molar-refractivity contribution in [3.8, 4) is 22.6 Å². The first-order valence-corrected chi connectivity index (χ1v) is 9.63. The molecule has 138 valence electrons. The molecule has 0 aliphatic heterocycles. The normalized spacial score (nSPS) is 11.6. The van der Waals surface area contributed by atoms with Gasteiger partial charge in [-0.15, -0.1) is 0 Å². The minimum Gasteiger partial charge on any atom is -0.455 e. The molecule has 0 saturated heterocycles. The third-order valence-corrected chi connectivity index (χ3v) is 5.42. The van der Waals surface area contributed by atoms with Gasteiger partial charge in [-0.3, -0.25) is 4.98 Å². The van der Waals surface area contributed by atoms with E-state index in [1.54, 1.807) is 6.20 Å². The largest absolute Gasteiger partial charge is 0.455 e. The number of para-hydroxylation sites is 2. The van der Waals surface area contributed by atoms with E-state index < -0.39 is 0 Å². The Bertz CT molecular complexity index is 1500. The van der Waals surface area contributed by atoms with Crippen LogP contribution in [0.3, 0.4) is 0 Å². The standard InChI is InChI=1S/C26H17NO2/c1-16-9-11-17(12-10-16)24-14-18-13-22(27-15-25(18)28-24)21-7-4-6-20-19-5-2-3-8-23(19)29-26(20)21/h2-15H,1H3. The van der Waals surface area contributed by atoms with Crippen LogP contribution in [0.15, 0.2) is 93.9 Å². The third kappa shape index (κ3) is 2.55. The van der Waals surface area contributed by atoms with Gasteiger partial charge in [0.15, 0.2) is 5.58 Å². The van der Waals surface area contributed by atoms with E-state index in [1.165, 1.54) is 5.56 Å². The smallest absolute Gasteiger partial charge is 0.153 e. The van der Waals surface area contributed by atoms with E-state index in [2.05, 4.69) is 72.6 Å². The van der Waals surface area contributed by atoms with Crippen LogP contribution in [0.2, 0.25) is 0 Å². The van der Waals surface area contributed by atoms with Crippen molar-refractivity contribution in [1.82, 2.24) is 4.98 Å². The zero-order valence-corrected chi connectivity index (χ0v) is 15.8. The maximum absolute atomic E-state index is 6.17. The Hall–Kier alpha value is -3.85. The molecule has 3 heterocycles. The Balaban J connectivity index is 1.52. The van der Waals surface area contributed by atoms with Crippen LogP contribution in [0.4, 0.5) is 0 Å². The van der Waals surface area contributed by atoms with Gasteiger partial charge < -0.3 is 8.83 Å². The molecule has 29 heavy (non-hydrogen) atoms. The van der Waals surface area contributed by atoms with Crippen molar-refractivity contribution in [2.45, 2.75) is 6.92 Å². The highest BCUT2D eigenvalue weighted by Crippen LogP contribution is 2.36. The molecule has 0 unspecified atom stereocenters. The van der Waals surface area contributed by atoms with Gasteiger partial charge in [0.05, 0.1) is 11.9 Å². The highest BCUT2D eigenvalue weighted by atomic mass is 16.3. The van der Waals surface area contributed by atoms with Crippen molar-refractivity contribution in [2.75, 3.05) is 0 Å². The number of benzene rings is 3. The minimum atomic E-state index is 0.779. The average molecular weight is 375 g/mol. The lowest BCUT2D eigenvalue weighted by atomic mass is 10.1. The summed E-state index contributed by atoms with van der Waals surface area (Å²) < 4.78 is 12.2. The van der Waals surface area contributed by atoms with Gasteiger partial charge in [-0.25, -0.2) is 0 Å². The minimum absolute atomic E-state index is 0.779. The molecule has 3 nitrogen and oxygen atoms in total. The van der Waals surface area contributed by atoms with Crippen LogP contribution in [0.1, 0.15) is 5.56 Å². The Morgan fingerprint density at radius 3 is 2.45 bits per heavy atom. The summed E-state index contributed by atoms with van der Waals surface area (Å²) in [7, 11) is 0. The van der Waals surface area contributed by atoms with E-state index in [-0.39, 0.29) is 0 Å². The van der Waals surface area contributed by atoms with Gasteiger partial charge in [0.2, 0.25) is 0 Å². The van der Waals surface area contributed by atoms with Gasteiger partial charge in [0.25, 0.3) is 0 Å². The Kier molecular flexibility index (Phi) is 3.38. The molecule has 6 rings (SSSR count). The molecule has 0 bridgehead atoms. The predicted octanol–water partition coefficient (Wildman–Crippen LogP) is 7.37. The molecule has 0 N–H and O–H groups in total. The van der Waals surface area contributed by atoms with Crippen LogP contribution >= 0.6 is 0 Å². The Labute approximate surface area is 167 Å². The number of aryl methyl sites for hydroxylation is 1. The highest BCUT2D eigenvalue weighted by Gasteiger charge is 2.14. The summed E-state index contributed by atoms with van der Waals surface area (Å²) in [6, 6.07) is 26.8. The number of rotatable bonds is 2. The molecule has 0 aliphatic rings. The number of pyridine rings is 1. The van der Waals surface area contributed by atoms with Gasteiger partial charge >= 0.3 is 0 Å². The number of aromatic nitrogens is 1. The summed E-state index contributed by atoms with van der Waals surface area (Å²) in [5.74, 6) is 0.848. The molecule has 0 radical (unpaired) electrons. The molecular formula is C26H17NO2.